The van der Waals surface area contributed by atoms with Gasteiger partial charge in [-0.05, 0) is 24.8 Å². The van der Waals surface area contributed by atoms with Crippen LogP contribution < -0.4 is 5.32 Å². The van der Waals surface area contributed by atoms with Crippen LogP contribution in [0, 0.1) is 5.92 Å². The van der Waals surface area contributed by atoms with Crippen LogP contribution in [-0.2, 0) is 6.54 Å². The lowest BCUT2D eigenvalue weighted by Crippen LogP contribution is -2.15. The Labute approximate surface area is 124 Å². The molecule has 0 aromatic carbocycles. The van der Waals surface area contributed by atoms with Gasteiger partial charge in [0.15, 0.2) is 5.78 Å². The second-order valence-electron chi connectivity index (χ2n) is 5.91. The van der Waals surface area contributed by atoms with Gasteiger partial charge in [-0.2, -0.15) is 0 Å². The largest absolute Gasteiger partial charge is 0.359 e. The Kier molecular flexibility index (Phi) is 3.90. The molecule has 0 aliphatic heterocycles. The Hall–Kier alpha value is -1.91. The van der Waals surface area contributed by atoms with E-state index in [1.54, 1.807) is 13.1 Å². The topological polar surface area (TPSA) is 59.8 Å². The minimum Gasteiger partial charge on any atom is -0.359 e. The molecule has 0 amide bonds. The second kappa shape index (κ2) is 5.84. The molecular formula is C16H22N4O. The maximum atomic E-state index is 11.6. The highest BCUT2D eigenvalue weighted by Crippen LogP contribution is 2.28. The highest BCUT2D eigenvalue weighted by atomic mass is 16.1. The Bertz CT molecular complexity index is 656. The van der Waals surface area contributed by atoms with Crippen LogP contribution in [0.4, 0.5) is 5.95 Å². The molecule has 1 aliphatic carbocycles. The summed E-state index contributed by atoms with van der Waals surface area (Å²) in [7, 11) is 1.89. The van der Waals surface area contributed by atoms with E-state index in [0.29, 0.717) is 11.6 Å². The number of ketones is 1. The summed E-state index contributed by atoms with van der Waals surface area (Å²) in [5.74, 6) is 1.56. The molecule has 0 saturated heterocycles. The number of Topliss-reactive ketones (excluding diaryl/α,β-unsaturated/α-hetero) is 1. The lowest BCUT2D eigenvalue weighted by Gasteiger charge is -2.23. The van der Waals surface area contributed by atoms with Crippen molar-refractivity contribution in [2.24, 2.45) is 5.92 Å². The van der Waals surface area contributed by atoms with Crippen LogP contribution in [-0.4, -0.2) is 27.4 Å². The van der Waals surface area contributed by atoms with Gasteiger partial charge in [-0.25, -0.2) is 4.98 Å². The van der Waals surface area contributed by atoms with E-state index in [-0.39, 0.29) is 5.78 Å². The zero-order valence-corrected chi connectivity index (χ0v) is 12.7. The third-order valence-corrected chi connectivity index (χ3v) is 4.38. The smallest absolute Gasteiger partial charge is 0.203 e. The van der Waals surface area contributed by atoms with Gasteiger partial charge in [-0.15, -0.1) is 0 Å². The molecule has 0 unspecified atom stereocenters. The van der Waals surface area contributed by atoms with Gasteiger partial charge in [0.2, 0.25) is 5.95 Å². The molecule has 5 nitrogen and oxygen atoms in total. The summed E-state index contributed by atoms with van der Waals surface area (Å²) in [5, 5.41) is 3.16. The third kappa shape index (κ3) is 2.77. The Balaban J connectivity index is 2.00. The highest BCUT2D eigenvalue weighted by molar-refractivity contribution is 5.95. The molecule has 3 rings (SSSR count). The van der Waals surface area contributed by atoms with Crippen LogP contribution in [0.25, 0.3) is 11.0 Å². The first kappa shape index (κ1) is 14.0. The molecule has 5 heteroatoms. The van der Waals surface area contributed by atoms with Crippen molar-refractivity contribution in [1.29, 1.82) is 0 Å². The number of fused-ring (bicyclic) bond motifs is 1. The van der Waals surface area contributed by atoms with Crippen LogP contribution in [0.2, 0.25) is 0 Å². The summed E-state index contributed by atoms with van der Waals surface area (Å²) in [6, 6.07) is 1.87. The lowest BCUT2D eigenvalue weighted by molar-refractivity contribution is 0.101. The number of imidazole rings is 1. The molecule has 0 spiro atoms. The zero-order valence-electron chi connectivity index (χ0n) is 12.7. The molecule has 2 heterocycles. The number of nitrogens with one attached hydrogen (secondary N) is 1. The number of rotatable bonds is 4. The number of anilines is 1. The molecule has 0 bridgehead atoms. The Morgan fingerprint density at radius 1 is 1.38 bits per heavy atom. The van der Waals surface area contributed by atoms with Crippen molar-refractivity contribution in [3.05, 3.63) is 18.0 Å². The average molecular weight is 286 g/mol. The van der Waals surface area contributed by atoms with Crippen molar-refractivity contribution in [1.82, 2.24) is 14.5 Å². The molecule has 0 radical (unpaired) electrons. The van der Waals surface area contributed by atoms with Crippen molar-refractivity contribution in [3.63, 3.8) is 0 Å². The number of hydrogen-bond donors (Lipinski definition) is 1. The summed E-state index contributed by atoms with van der Waals surface area (Å²) in [6.07, 6.45) is 8.28. The third-order valence-electron chi connectivity index (χ3n) is 4.38. The predicted molar refractivity (Wildman–Crippen MR) is 83.7 cm³/mol. The molecule has 1 fully saturated rings. The van der Waals surface area contributed by atoms with Gasteiger partial charge in [-0.3, -0.25) is 9.78 Å². The molecule has 2 aromatic heterocycles. The molecule has 1 saturated carbocycles. The molecule has 112 valence electrons. The normalized spacial score (nSPS) is 16.3. The highest BCUT2D eigenvalue weighted by Gasteiger charge is 2.18. The number of hydrogen-bond acceptors (Lipinski definition) is 4. The Morgan fingerprint density at radius 2 is 2.14 bits per heavy atom. The molecule has 1 N–H and O–H groups in total. The van der Waals surface area contributed by atoms with Crippen LogP contribution in [0.5, 0.6) is 0 Å². The average Bonchev–Trinajstić information content (AvgIpc) is 2.85. The fourth-order valence-corrected chi connectivity index (χ4v) is 3.22. The van der Waals surface area contributed by atoms with Gasteiger partial charge in [-0.1, -0.05) is 19.3 Å². The van der Waals surface area contributed by atoms with E-state index in [2.05, 4.69) is 19.9 Å². The maximum Gasteiger partial charge on any atom is 0.203 e. The number of pyridine rings is 1. The quantitative estimate of drug-likeness (QED) is 0.876. The SMILES string of the molecule is CNc1nc2cnc(C(C)=O)cc2n1CC1CCCCC1. The second-order valence-corrected chi connectivity index (χ2v) is 5.91. The van der Waals surface area contributed by atoms with Crippen LogP contribution >= 0.6 is 0 Å². The lowest BCUT2D eigenvalue weighted by atomic mass is 9.89. The molecular weight excluding hydrogens is 264 g/mol. The Morgan fingerprint density at radius 3 is 2.81 bits per heavy atom. The summed E-state index contributed by atoms with van der Waals surface area (Å²) in [5.41, 5.74) is 2.36. The predicted octanol–water partition coefficient (Wildman–Crippen LogP) is 3.26. The van der Waals surface area contributed by atoms with Crippen molar-refractivity contribution in [2.75, 3.05) is 12.4 Å². The van der Waals surface area contributed by atoms with E-state index in [9.17, 15) is 4.79 Å². The first-order valence-electron chi connectivity index (χ1n) is 7.74. The van der Waals surface area contributed by atoms with Crippen LogP contribution in [0.3, 0.4) is 0 Å². The van der Waals surface area contributed by atoms with Crippen LogP contribution in [0.1, 0.15) is 49.5 Å². The van der Waals surface area contributed by atoms with Crippen molar-refractivity contribution >= 4 is 22.8 Å². The van der Waals surface area contributed by atoms with Gasteiger partial charge in [0, 0.05) is 20.5 Å². The minimum atomic E-state index is -0.00618. The van der Waals surface area contributed by atoms with Crippen molar-refractivity contribution in [3.8, 4) is 0 Å². The van der Waals surface area contributed by atoms with E-state index in [4.69, 9.17) is 0 Å². The minimum absolute atomic E-state index is 0.00618. The van der Waals surface area contributed by atoms with Crippen molar-refractivity contribution < 1.29 is 4.79 Å². The first-order valence-corrected chi connectivity index (χ1v) is 7.74. The fourth-order valence-electron chi connectivity index (χ4n) is 3.22. The summed E-state index contributed by atoms with van der Waals surface area (Å²) in [4.78, 5) is 20.3. The van der Waals surface area contributed by atoms with Crippen molar-refractivity contribution in [2.45, 2.75) is 45.6 Å². The number of carbonyl (C=O) groups is 1. The van der Waals surface area contributed by atoms with E-state index >= 15 is 0 Å². The van der Waals surface area contributed by atoms with Gasteiger partial charge in [0.05, 0.1) is 11.7 Å². The monoisotopic (exact) mass is 286 g/mol. The van der Waals surface area contributed by atoms with E-state index < -0.39 is 0 Å². The number of aromatic nitrogens is 3. The van der Waals surface area contributed by atoms with Gasteiger partial charge in [0.25, 0.3) is 0 Å². The summed E-state index contributed by atoms with van der Waals surface area (Å²) >= 11 is 0. The summed E-state index contributed by atoms with van der Waals surface area (Å²) in [6.45, 7) is 2.52. The maximum absolute atomic E-state index is 11.6. The first-order chi connectivity index (χ1) is 10.2. The fraction of sp³-hybridized carbons (Fsp3) is 0.562. The molecule has 21 heavy (non-hydrogen) atoms. The van der Waals surface area contributed by atoms with E-state index in [1.165, 1.54) is 32.1 Å². The van der Waals surface area contributed by atoms with E-state index in [0.717, 1.165) is 23.5 Å². The number of nitrogens with zero attached hydrogens (tertiary/aromatic N) is 3. The van der Waals surface area contributed by atoms with E-state index in [1.807, 2.05) is 13.1 Å². The standard InChI is InChI=1S/C16H22N4O/c1-11(21)13-8-15-14(9-18-13)19-16(17-2)20(15)10-12-6-4-3-5-7-12/h8-9,12H,3-7,10H2,1-2H3,(H,17,19). The van der Waals surface area contributed by atoms with Crippen LogP contribution in [0.15, 0.2) is 12.3 Å². The van der Waals surface area contributed by atoms with Gasteiger partial charge >= 0.3 is 0 Å². The van der Waals surface area contributed by atoms with Gasteiger partial charge in [0.1, 0.15) is 11.2 Å². The molecule has 1 aliphatic rings. The zero-order chi connectivity index (χ0) is 14.8. The molecule has 2 aromatic rings. The van der Waals surface area contributed by atoms with Gasteiger partial charge < -0.3 is 9.88 Å². The summed E-state index contributed by atoms with van der Waals surface area (Å²) < 4.78 is 2.21. The number of carbonyl (C=O) groups excluding carboxylic acids is 1. The molecule has 0 atom stereocenters.